The first-order chi connectivity index (χ1) is 9.67. The summed E-state index contributed by atoms with van der Waals surface area (Å²) in [5.41, 5.74) is 0.329. The first kappa shape index (κ1) is 17.7. The topological polar surface area (TPSA) is 37.4 Å². The highest BCUT2D eigenvalue weighted by molar-refractivity contribution is 9.11. The SMILES string of the molecule is CN(C1CCC(C)(C)CC1)S(=O)(=O)c1cc(CCl)sc1Br. The summed E-state index contributed by atoms with van der Waals surface area (Å²) in [7, 11) is -1.76. The molecule has 7 heteroatoms. The van der Waals surface area contributed by atoms with E-state index in [2.05, 4.69) is 29.8 Å². The molecular formula is C14H21BrClNO2S2. The Morgan fingerprint density at radius 2 is 2.00 bits per heavy atom. The van der Waals surface area contributed by atoms with E-state index in [1.807, 2.05) is 0 Å². The van der Waals surface area contributed by atoms with Gasteiger partial charge in [-0.25, -0.2) is 8.42 Å². The molecule has 0 aromatic carbocycles. The van der Waals surface area contributed by atoms with Crippen molar-refractivity contribution >= 4 is 48.9 Å². The van der Waals surface area contributed by atoms with Gasteiger partial charge in [-0.05, 0) is 53.1 Å². The van der Waals surface area contributed by atoms with E-state index in [4.69, 9.17) is 11.6 Å². The first-order valence-electron chi connectivity index (χ1n) is 6.99. The number of rotatable bonds is 4. The molecule has 0 atom stereocenters. The molecule has 0 aliphatic heterocycles. The van der Waals surface area contributed by atoms with Crippen molar-refractivity contribution in [1.82, 2.24) is 4.31 Å². The van der Waals surface area contributed by atoms with Crippen molar-refractivity contribution in [3.05, 3.63) is 14.7 Å². The molecule has 0 radical (unpaired) electrons. The maximum absolute atomic E-state index is 12.8. The number of thiophene rings is 1. The van der Waals surface area contributed by atoms with Crippen LogP contribution in [-0.4, -0.2) is 25.8 Å². The number of nitrogens with zero attached hydrogens (tertiary/aromatic N) is 1. The summed E-state index contributed by atoms with van der Waals surface area (Å²) < 4.78 is 27.8. The van der Waals surface area contributed by atoms with Gasteiger partial charge in [0, 0.05) is 18.0 Å². The molecule has 21 heavy (non-hydrogen) atoms. The van der Waals surface area contributed by atoms with Crippen LogP contribution in [0.15, 0.2) is 14.7 Å². The quantitative estimate of drug-likeness (QED) is 0.661. The Hall–Kier alpha value is 0.380. The van der Waals surface area contributed by atoms with Crippen molar-refractivity contribution in [2.24, 2.45) is 5.41 Å². The third kappa shape index (κ3) is 3.83. The standard InChI is InChI=1S/C14H21BrClNO2S2/c1-14(2)6-4-10(5-7-14)17(3)21(18,19)12-8-11(9-16)20-13(12)15/h8,10H,4-7,9H2,1-3H3. The van der Waals surface area contributed by atoms with Crippen LogP contribution < -0.4 is 0 Å². The summed E-state index contributed by atoms with van der Waals surface area (Å²) in [6.07, 6.45) is 3.98. The molecule has 0 unspecified atom stereocenters. The van der Waals surface area contributed by atoms with Gasteiger partial charge in [-0.3, -0.25) is 0 Å². The van der Waals surface area contributed by atoms with E-state index >= 15 is 0 Å². The first-order valence-corrected chi connectivity index (χ1v) is 10.6. The molecule has 2 rings (SSSR count). The van der Waals surface area contributed by atoms with E-state index in [0.29, 0.717) is 20.0 Å². The van der Waals surface area contributed by atoms with Crippen LogP contribution in [0.1, 0.15) is 44.4 Å². The summed E-state index contributed by atoms with van der Waals surface area (Å²) in [6, 6.07) is 1.77. The summed E-state index contributed by atoms with van der Waals surface area (Å²) in [4.78, 5) is 1.20. The highest BCUT2D eigenvalue weighted by atomic mass is 79.9. The summed E-state index contributed by atoms with van der Waals surface area (Å²) in [5, 5.41) is 0. The molecule has 0 amide bonds. The van der Waals surface area contributed by atoms with Gasteiger partial charge in [-0.2, -0.15) is 4.31 Å². The fourth-order valence-electron chi connectivity index (χ4n) is 2.74. The van der Waals surface area contributed by atoms with E-state index in [-0.39, 0.29) is 6.04 Å². The Labute approximate surface area is 144 Å². The summed E-state index contributed by atoms with van der Waals surface area (Å²) >= 11 is 10.5. The smallest absolute Gasteiger partial charge is 0.207 e. The van der Waals surface area contributed by atoms with E-state index in [9.17, 15) is 8.42 Å². The number of sulfonamides is 1. The van der Waals surface area contributed by atoms with Crippen LogP contribution in [0.2, 0.25) is 0 Å². The van der Waals surface area contributed by atoms with Gasteiger partial charge in [-0.1, -0.05) is 13.8 Å². The van der Waals surface area contributed by atoms with Gasteiger partial charge in [0.2, 0.25) is 10.0 Å². The van der Waals surface area contributed by atoms with Gasteiger partial charge < -0.3 is 0 Å². The Morgan fingerprint density at radius 3 is 2.48 bits per heavy atom. The highest BCUT2D eigenvalue weighted by Crippen LogP contribution is 2.39. The molecule has 1 fully saturated rings. The Morgan fingerprint density at radius 1 is 1.43 bits per heavy atom. The summed E-state index contributed by atoms with van der Waals surface area (Å²) in [5.74, 6) is 0.333. The van der Waals surface area contributed by atoms with E-state index < -0.39 is 10.0 Å². The highest BCUT2D eigenvalue weighted by Gasteiger charge is 2.35. The van der Waals surface area contributed by atoms with Crippen molar-refractivity contribution in [2.45, 2.75) is 56.3 Å². The lowest BCUT2D eigenvalue weighted by molar-refractivity contribution is 0.174. The molecule has 3 nitrogen and oxygen atoms in total. The molecule has 1 aromatic heterocycles. The minimum Gasteiger partial charge on any atom is -0.207 e. The average Bonchev–Trinajstić information content (AvgIpc) is 2.80. The minimum atomic E-state index is -3.46. The van der Waals surface area contributed by atoms with Gasteiger partial charge in [0.1, 0.15) is 4.90 Å². The third-order valence-corrected chi connectivity index (χ3v) is 8.93. The van der Waals surface area contributed by atoms with Crippen molar-refractivity contribution in [2.75, 3.05) is 7.05 Å². The molecule has 1 aromatic rings. The second-order valence-electron chi connectivity index (χ2n) is 6.40. The molecule has 1 heterocycles. The molecular weight excluding hydrogens is 394 g/mol. The fraction of sp³-hybridized carbons (Fsp3) is 0.714. The zero-order valence-corrected chi connectivity index (χ0v) is 16.5. The number of halogens is 2. The molecule has 1 saturated carbocycles. The van der Waals surface area contributed by atoms with E-state index in [1.165, 1.54) is 11.3 Å². The van der Waals surface area contributed by atoms with Crippen LogP contribution >= 0.6 is 38.9 Å². The number of alkyl halides is 1. The lowest BCUT2D eigenvalue weighted by Gasteiger charge is -2.37. The predicted octanol–water partition coefficient (Wildman–Crippen LogP) is 4.84. The van der Waals surface area contributed by atoms with Crippen LogP contribution in [0.3, 0.4) is 0 Å². The molecule has 0 bridgehead atoms. The predicted molar refractivity (Wildman–Crippen MR) is 92.6 cm³/mol. The molecule has 1 aliphatic carbocycles. The van der Waals surface area contributed by atoms with Gasteiger partial charge in [0.25, 0.3) is 0 Å². The maximum atomic E-state index is 12.8. The van der Waals surface area contributed by atoms with Crippen LogP contribution in [0.5, 0.6) is 0 Å². The fourth-order valence-corrected chi connectivity index (χ4v) is 6.88. The van der Waals surface area contributed by atoms with Crippen LogP contribution in [-0.2, 0) is 15.9 Å². The number of hydrogen-bond acceptors (Lipinski definition) is 3. The molecule has 0 N–H and O–H groups in total. The van der Waals surface area contributed by atoms with Gasteiger partial charge >= 0.3 is 0 Å². The largest absolute Gasteiger partial charge is 0.245 e. The van der Waals surface area contributed by atoms with Crippen molar-refractivity contribution in [1.29, 1.82) is 0 Å². The molecule has 0 spiro atoms. The lowest BCUT2D eigenvalue weighted by Crippen LogP contribution is -2.40. The van der Waals surface area contributed by atoms with E-state index in [0.717, 1.165) is 30.6 Å². The van der Waals surface area contributed by atoms with Gasteiger partial charge in [0.05, 0.1) is 9.67 Å². The second-order valence-corrected chi connectivity index (χ2v) is 11.1. The van der Waals surface area contributed by atoms with Crippen molar-refractivity contribution < 1.29 is 8.42 Å². The monoisotopic (exact) mass is 413 g/mol. The molecule has 0 saturated heterocycles. The Kier molecular flexibility index (Phi) is 5.47. The normalized spacial score (nSPS) is 20.1. The zero-order chi connectivity index (χ0) is 15.8. The van der Waals surface area contributed by atoms with Crippen LogP contribution in [0.4, 0.5) is 0 Å². The maximum Gasteiger partial charge on any atom is 0.245 e. The van der Waals surface area contributed by atoms with Gasteiger partial charge in [-0.15, -0.1) is 22.9 Å². The second kappa shape index (κ2) is 6.48. The minimum absolute atomic E-state index is 0.0919. The van der Waals surface area contributed by atoms with Crippen LogP contribution in [0, 0.1) is 5.41 Å². The van der Waals surface area contributed by atoms with Gasteiger partial charge in [0.15, 0.2) is 0 Å². The number of hydrogen-bond donors (Lipinski definition) is 0. The Balaban J connectivity index is 2.21. The lowest BCUT2D eigenvalue weighted by atomic mass is 9.76. The molecule has 1 aliphatic rings. The van der Waals surface area contributed by atoms with Crippen LogP contribution in [0.25, 0.3) is 0 Å². The average molecular weight is 415 g/mol. The van der Waals surface area contributed by atoms with Crippen molar-refractivity contribution in [3.8, 4) is 0 Å². The zero-order valence-electron chi connectivity index (χ0n) is 12.5. The third-order valence-electron chi connectivity index (χ3n) is 4.32. The van der Waals surface area contributed by atoms with E-state index in [1.54, 1.807) is 17.4 Å². The Bertz CT molecular complexity index is 602. The summed E-state index contributed by atoms with van der Waals surface area (Å²) in [6.45, 7) is 4.50. The molecule has 120 valence electrons. The van der Waals surface area contributed by atoms with Crippen molar-refractivity contribution in [3.63, 3.8) is 0 Å².